The van der Waals surface area contributed by atoms with Gasteiger partial charge in [0.05, 0.1) is 0 Å². The molecule has 0 heterocycles. The molecule has 1 aromatic carbocycles. The second kappa shape index (κ2) is 6.67. The third-order valence-electron chi connectivity index (χ3n) is 4.04. The number of benzene rings is 1. The van der Waals surface area contributed by atoms with Crippen LogP contribution in [-0.2, 0) is 6.54 Å². The molecule has 0 amide bonds. The van der Waals surface area contributed by atoms with Crippen molar-refractivity contribution >= 4 is 11.6 Å². The average molecular weight is 288 g/mol. The molecule has 0 unspecified atom stereocenters. The Labute approximate surface area is 118 Å². The van der Waals surface area contributed by atoms with E-state index >= 15 is 0 Å². The molecule has 106 valence electrons. The fourth-order valence-electron chi connectivity index (χ4n) is 2.81. The molecule has 0 radical (unpaired) electrons. The predicted molar refractivity (Wildman–Crippen MR) is 74.3 cm³/mol. The highest BCUT2D eigenvalue weighted by molar-refractivity contribution is 6.18. The number of rotatable bonds is 5. The maximum Gasteiger partial charge on any atom is 0.163 e. The van der Waals surface area contributed by atoms with E-state index in [-0.39, 0.29) is 5.41 Å². The van der Waals surface area contributed by atoms with E-state index in [0.717, 1.165) is 25.5 Å². The van der Waals surface area contributed by atoms with E-state index < -0.39 is 11.6 Å². The van der Waals surface area contributed by atoms with Gasteiger partial charge in [-0.05, 0) is 24.3 Å². The van der Waals surface area contributed by atoms with Crippen LogP contribution in [0.25, 0.3) is 0 Å². The molecule has 2 rings (SSSR count). The lowest BCUT2D eigenvalue weighted by atomic mass is 9.75. The second-order valence-electron chi connectivity index (χ2n) is 5.51. The topological polar surface area (TPSA) is 12.0 Å². The smallest absolute Gasteiger partial charge is 0.163 e. The summed E-state index contributed by atoms with van der Waals surface area (Å²) < 4.78 is 26.6. The Kier molecular flexibility index (Phi) is 5.17. The first-order chi connectivity index (χ1) is 9.17. The summed E-state index contributed by atoms with van der Waals surface area (Å²) >= 11 is 6.10. The van der Waals surface area contributed by atoms with Crippen molar-refractivity contribution in [3.05, 3.63) is 35.4 Å². The Hall–Kier alpha value is -0.670. The number of hydrogen-bond acceptors (Lipinski definition) is 1. The van der Waals surface area contributed by atoms with E-state index in [2.05, 4.69) is 5.32 Å². The van der Waals surface area contributed by atoms with Gasteiger partial charge in [-0.15, -0.1) is 11.6 Å². The molecule has 1 saturated carbocycles. The molecule has 1 N–H and O–H groups in total. The lowest BCUT2D eigenvalue weighted by Gasteiger charge is -2.35. The van der Waals surface area contributed by atoms with Gasteiger partial charge in [-0.25, -0.2) is 8.78 Å². The van der Waals surface area contributed by atoms with Crippen molar-refractivity contribution in [3.63, 3.8) is 0 Å². The van der Waals surface area contributed by atoms with Gasteiger partial charge in [0.25, 0.3) is 0 Å². The molecular formula is C15H20ClF2N. The third kappa shape index (κ3) is 3.67. The van der Waals surface area contributed by atoms with Gasteiger partial charge < -0.3 is 5.32 Å². The first kappa shape index (κ1) is 14.7. The van der Waals surface area contributed by atoms with Crippen LogP contribution in [0, 0.1) is 17.0 Å². The fourth-order valence-corrected chi connectivity index (χ4v) is 3.17. The highest BCUT2D eigenvalue weighted by Crippen LogP contribution is 2.36. The molecule has 19 heavy (non-hydrogen) atoms. The Morgan fingerprint density at radius 1 is 1.16 bits per heavy atom. The van der Waals surface area contributed by atoms with Crippen molar-refractivity contribution in [1.29, 1.82) is 0 Å². The van der Waals surface area contributed by atoms with E-state index in [0.29, 0.717) is 18.0 Å². The van der Waals surface area contributed by atoms with Crippen molar-refractivity contribution in [2.45, 2.75) is 38.6 Å². The van der Waals surface area contributed by atoms with Gasteiger partial charge in [0, 0.05) is 24.5 Å². The van der Waals surface area contributed by atoms with Crippen molar-refractivity contribution in [2.24, 2.45) is 5.41 Å². The van der Waals surface area contributed by atoms with E-state index in [1.54, 1.807) is 6.07 Å². The summed E-state index contributed by atoms with van der Waals surface area (Å²) in [4.78, 5) is 0. The molecule has 1 fully saturated rings. The van der Waals surface area contributed by atoms with Crippen LogP contribution >= 0.6 is 11.6 Å². The standard InChI is InChI=1S/C15H20ClF2N/c16-10-15(7-2-1-3-8-15)11-19-9-12-5-4-6-13(17)14(12)18/h4-6,19H,1-3,7-11H2. The van der Waals surface area contributed by atoms with E-state index in [1.807, 2.05) is 0 Å². The van der Waals surface area contributed by atoms with Crippen LogP contribution in [0.2, 0.25) is 0 Å². The normalized spacial score (nSPS) is 18.5. The summed E-state index contributed by atoms with van der Waals surface area (Å²) in [7, 11) is 0. The summed E-state index contributed by atoms with van der Waals surface area (Å²) in [6, 6.07) is 4.28. The predicted octanol–water partition coefficient (Wildman–Crippen LogP) is 4.24. The van der Waals surface area contributed by atoms with Gasteiger partial charge in [0.15, 0.2) is 11.6 Å². The van der Waals surface area contributed by atoms with E-state index in [1.165, 1.54) is 25.3 Å². The van der Waals surface area contributed by atoms with Gasteiger partial charge in [-0.3, -0.25) is 0 Å². The highest BCUT2D eigenvalue weighted by atomic mass is 35.5. The van der Waals surface area contributed by atoms with Crippen molar-refractivity contribution in [1.82, 2.24) is 5.32 Å². The molecule has 1 aliphatic rings. The third-order valence-corrected chi connectivity index (χ3v) is 4.61. The minimum atomic E-state index is -0.788. The Balaban J connectivity index is 1.90. The van der Waals surface area contributed by atoms with Crippen molar-refractivity contribution < 1.29 is 8.78 Å². The SMILES string of the molecule is Fc1cccc(CNCC2(CCl)CCCCC2)c1F. The molecule has 0 aliphatic heterocycles. The number of alkyl halides is 1. The molecule has 4 heteroatoms. The van der Waals surface area contributed by atoms with Crippen molar-refractivity contribution in [2.75, 3.05) is 12.4 Å². The van der Waals surface area contributed by atoms with Crippen LogP contribution in [-0.4, -0.2) is 12.4 Å². The molecule has 0 saturated heterocycles. The minimum absolute atomic E-state index is 0.129. The number of nitrogens with one attached hydrogen (secondary N) is 1. The Morgan fingerprint density at radius 3 is 2.58 bits per heavy atom. The minimum Gasteiger partial charge on any atom is -0.312 e. The Bertz CT molecular complexity index is 417. The lowest BCUT2D eigenvalue weighted by molar-refractivity contribution is 0.211. The van der Waals surface area contributed by atoms with Gasteiger partial charge in [-0.1, -0.05) is 31.4 Å². The summed E-state index contributed by atoms with van der Waals surface area (Å²) in [6.07, 6.45) is 5.94. The number of halogens is 3. The van der Waals surface area contributed by atoms with Gasteiger partial charge in [0.1, 0.15) is 0 Å². The first-order valence-corrected chi connectivity index (χ1v) is 7.40. The molecule has 1 aromatic rings. The van der Waals surface area contributed by atoms with Gasteiger partial charge in [0.2, 0.25) is 0 Å². The van der Waals surface area contributed by atoms with Crippen LogP contribution in [0.4, 0.5) is 8.78 Å². The highest BCUT2D eigenvalue weighted by Gasteiger charge is 2.30. The molecule has 0 bridgehead atoms. The zero-order valence-corrected chi connectivity index (χ0v) is 11.8. The number of hydrogen-bond donors (Lipinski definition) is 1. The molecule has 0 spiro atoms. The largest absolute Gasteiger partial charge is 0.312 e. The molecular weight excluding hydrogens is 268 g/mol. The first-order valence-electron chi connectivity index (χ1n) is 6.86. The van der Waals surface area contributed by atoms with Crippen LogP contribution in [0.15, 0.2) is 18.2 Å². The monoisotopic (exact) mass is 287 g/mol. The zero-order valence-electron chi connectivity index (χ0n) is 11.0. The fraction of sp³-hybridized carbons (Fsp3) is 0.600. The Morgan fingerprint density at radius 2 is 1.89 bits per heavy atom. The van der Waals surface area contributed by atoms with E-state index in [4.69, 9.17) is 11.6 Å². The summed E-state index contributed by atoms with van der Waals surface area (Å²) in [5, 5.41) is 3.24. The van der Waals surface area contributed by atoms with Gasteiger partial charge >= 0.3 is 0 Å². The van der Waals surface area contributed by atoms with Crippen LogP contribution in [0.1, 0.15) is 37.7 Å². The lowest BCUT2D eigenvalue weighted by Crippen LogP contribution is -2.37. The summed E-state index contributed by atoms with van der Waals surface area (Å²) in [5.74, 6) is -0.909. The maximum atomic E-state index is 13.5. The van der Waals surface area contributed by atoms with Crippen LogP contribution < -0.4 is 5.32 Å². The molecule has 1 aliphatic carbocycles. The zero-order chi connectivity index (χ0) is 13.7. The average Bonchev–Trinajstić information content (AvgIpc) is 2.44. The summed E-state index contributed by atoms with van der Waals surface area (Å²) in [5.41, 5.74) is 0.504. The van der Waals surface area contributed by atoms with Gasteiger partial charge in [-0.2, -0.15) is 0 Å². The van der Waals surface area contributed by atoms with Crippen LogP contribution in [0.3, 0.4) is 0 Å². The quantitative estimate of drug-likeness (QED) is 0.799. The van der Waals surface area contributed by atoms with E-state index in [9.17, 15) is 8.78 Å². The van der Waals surface area contributed by atoms with Crippen LogP contribution in [0.5, 0.6) is 0 Å². The van der Waals surface area contributed by atoms with Crippen molar-refractivity contribution in [3.8, 4) is 0 Å². The second-order valence-corrected chi connectivity index (χ2v) is 5.78. The molecule has 0 aromatic heterocycles. The molecule has 1 nitrogen and oxygen atoms in total. The maximum absolute atomic E-state index is 13.5. The molecule has 0 atom stereocenters. The summed E-state index contributed by atoms with van der Waals surface area (Å²) in [6.45, 7) is 1.12.